The van der Waals surface area contributed by atoms with E-state index in [1.54, 1.807) is 12.1 Å². The van der Waals surface area contributed by atoms with Crippen LogP contribution in [0.4, 0.5) is 0 Å². The first-order chi connectivity index (χ1) is 8.15. The molecule has 88 valence electrons. The minimum absolute atomic E-state index is 0.155. The fourth-order valence-corrected chi connectivity index (χ4v) is 1.57. The lowest BCUT2D eigenvalue weighted by Gasteiger charge is -2.03. The number of halogens is 1. The molecule has 0 unspecified atom stereocenters. The minimum atomic E-state index is -0.155. The minimum Gasteiger partial charge on any atom is -0.357 e. The van der Waals surface area contributed by atoms with E-state index in [1.807, 2.05) is 30.1 Å². The van der Waals surface area contributed by atoms with Crippen LogP contribution in [0.15, 0.2) is 36.8 Å². The van der Waals surface area contributed by atoms with Gasteiger partial charge in [0.1, 0.15) is 5.15 Å². The molecular formula is C12H12ClN3O. The van der Waals surface area contributed by atoms with E-state index in [9.17, 15) is 4.79 Å². The zero-order chi connectivity index (χ0) is 12.3. The molecule has 2 aromatic heterocycles. The van der Waals surface area contributed by atoms with Crippen molar-refractivity contribution in [2.75, 3.05) is 0 Å². The smallest absolute Gasteiger partial charge is 0.253 e. The summed E-state index contributed by atoms with van der Waals surface area (Å²) in [4.78, 5) is 15.6. The van der Waals surface area contributed by atoms with Gasteiger partial charge in [0.2, 0.25) is 0 Å². The maximum atomic E-state index is 11.7. The highest BCUT2D eigenvalue weighted by Crippen LogP contribution is 2.05. The second-order valence-corrected chi connectivity index (χ2v) is 4.12. The van der Waals surface area contributed by atoms with Crippen LogP contribution in [-0.2, 0) is 13.6 Å². The van der Waals surface area contributed by atoms with Crippen LogP contribution in [0.2, 0.25) is 5.15 Å². The fraction of sp³-hybridized carbons (Fsp3) is 0.167. The number of aromatic nitrogens is 2. The molecule has 0 saturated carbocycles. The summed E-state index contributed by atoms with van der Waals surface area (Å²) in [6, 6.07) is 5.20. The van der Waals surface area contributed by atoms with E-state index in [-0.39, 0.29) is 5.91 Å². The van der Waals surface area contributed by atoms with Crippen LogP contribution in [0.25, 0.3) is 0 Å². The van der Waals surface area contributed by atoms with Crippen LogP contribution >= 0.6 is 11.6 Å². The second kappa shape index (κ2) is 5.01. The molecule has 0 atom stereocenters. The number of rotatable bonds is 3. The number of hydrogen-bond acceptors (Lipinski definition) is 2. The van der Waals surface area contributed by atoms with Crippen molar-refractivity contribution in [3.63, 3.8) is 0 Å². The van der Waals surface area contributed by atoms with Crippen LogP contribution < -0.4 is 5.32 Å². The largest absolute Gasteiger partial charge is 0.357 e. The van der Waals surface area contributed by atoms with Gasteiger partial charge in [-0.15, -0.1) is 0 Å². The summed E-state index contributed by atoms with van der Waals surface area (Å²) in [6.45, 7) is 0.502. The Hall–Kier alpha value is -1.81. The normalized spacial score (nSPS) is 10.2. The second-order valence-electron chi connectivity index (χ2n) is 3.74. The molecule has 0 aromatic carbocycles. The quantitative estimate of drug-likeness (QED) is 0.846. The van der Waals surface area contributed by atoms with Crippen molar-refractivity contribution in [2.45, 2.75) is 6.54 Å². The first kappa shape index (κ1) is 11.7. The lowest BCUT2D eigenvalue weighted by molar-refractivity contribution is 0.0950. The van der Waals surface area contributed by atoms with Crippen molar-refractivity contribution in [3.8, 4) is 0 Å². The van der Waals surface area contributed by atoms with Gasteiger partial charge in [-0.1, -0.05) is 11.6 Å². The Bertz CT molecular complexity index is 519. The molecule has 2 heterocycles. The molecule has 0 radical (unpaired) electrons. The number of carbonyl (C=O) groups excluding carboxylic acids is 1. The van der Waals surface area contributed by atoms with E-state index in [2.05, 4.69) is 10.3 Å². The molecule has 0 aliphatic rings. The van der Waals surface area contributed by atoms with Gasteiger partial charge in [0.05, 0.1) is 5.56 Å². The summed E-state index contributed by atoms with van der Waals surface area (Å²) in [5, 5.41) is 3.19. The van der Waals surface area contributed by atoms with E-state index in [0.717, 1.165) is 5.56 Å². The monoisotopic (exact) mass is 249 g/mol. The average Bonchev–Trinajstić information content (AvgIpc) is 2.73. The summed E-state index contributed by atoms with van der Waals surface area (Å²) in [5.41, 5.74) is 1.56. The Morgan fingerprint density at radius 3 is 2.88 bits per heavy atom. The molecule has 0 spiro atoms. The summed E-state index contributed by atoms with van der Waals surface area (Å²) >= 11 is 5.65. The van der Waals surface area contributed by atoms with E-state index >= 15 is 0 Å². The van der Waals surface area contributed by atoms with E-state index < -0.39 is 0 Å². The topological polar surface area (TPSA) is 46.9 Å². The number of hydrogen-bond donors (Lipinski definition) is 1. The van der Waals surface area contributed by atoms with Crippen LogP contribution in [0.5, 0.6) is 0 Å². The van der Waals surface area contributed by atoms with Crippen LogP contribution in [0.1, 0.15) is 15.9 Å². The first-order valence-corrected chi connectivity index (χ1v) is 5.53. The number of aryl methyl sites for hydroxylation is 1. The third-order valence-electron chi connectivity index (χ3n) is 2.34. The summed E-state index contributed by atoms with van der Waals surface area (Å²) in [7, 11) is 1.94. The lowest BCUT2D eigenvalue weighted by Crippen LogP contribution is -2.22. The molecule has 2 aromatic rings. The number of carbonyl (C=O) groups is 1. The highest BCUT2D eigenvalue weighted by molar-refractivity contribution is 6.29. The van der Waals surface area contributed by atoms with Gasteiger partial charge in [-0.25, -0.2) is 4.98 Å². The standard InChI is InChI=1S/C12H12ClN3O/c1-16-5-4-9(8-16)6-15-12(17)10-2-3-11(13)14-7-10/h2-5,7-8H,6H2,1H3,(H,15,17). The fourth-order valence-electron chi connectivity index (χ4n) is 1.46. The Morgan fingerprint density at radius 2 is 2.29 bits per heavy atom. The molecule has 1 amide bonds. The van der Waals surface area contributed by atoms with Gasteiger partial charge >= 0.3 is 0 Å². The highest BCUT2D eigenvalue weighted by atomic mass is 35.5. The molecule has 0 aliphatic heterocycles. The third kappa shape index (κ3) is 3.07. The zero-order valence-electron chi connectivity index (χ0n) is 9.35. The number of pyridine rings is 1. The third-order valence-corrected chi connectivity index (χ3v) is 2.56. The molecule has 17 heavy (non-hydrogen) atoms. The maximum Gasteiger partial charge on any atom is 0.253 e. The average molecular weight is 250 g/mol. The Morgan fingerprint density at radius 1 is 1.47 bits per heavy atom. The van der Waals surface area contributed by atoms with Crippen molar-refractivity contribution < 1.29 is 4.79 Å². The first-order valence-electron chi connectivity index (χ1n) is 5.16. The van der Waals surface area contributed by atoms with Gasteiger partial charge in [0.25, 0.3) is 5.91 Å². The van der Waals surface area contributed by atoms with Gasteiger partial charge < -0.3 is 9.88 Å². The molecule has 0 fully saturated rings. The van der Waals surface area contributed by atoms with Crippen LogP contribution in [0, 0.1) is 0 Å². The van der Waals surface area contributed by atoms with Crippen molar-refractivity contribution in [1.82, 2.24) is 14.9 Å². The molecule has 0 bridgehead atoms. The Balaban J connectivity index is 1.95. The van der Waals surface area contributed by atoms with E-state index in [1.165, 1.54) is 6.20 Å². The van der Waals surface area contributed by atoms with E-state index in [0.29, 0.717) is 17.3 Å². The van der Waals surface area contributed by atoms with Crippen LogP contribution in [0.3, 0.4) is 0 Å². The van der Waals surface area contributed by atoms with Gasteiger partial charge in [-0.3, -0.25) is 4.79 Å². The van der Waals surface area contributed by atoms with Gasteiger partial charge in [-0.2, -0.15) is 0 Å². The SMILES string of the molecule is Cn1ccc(CNC(=O)c2ccc(Cl)nc2)c1. The summed E-state index contributed by atoms with van der Waals surface area (Å²) in [6.07, 6.45) is 5.36. The Kier molecular flexibility index (Phi) is 3.44. The number of nitrogens with one attached hydrogen (secondary N) is 1. The van der Waals surface area contributed by atoms with Gasteiger partial charge in [0, 0.05) is 32.2 Å². The summed E-state index contributed by atoms with van der Waals surface area (Å²) < 4.78 is 1.94. The van der Waals surface area contributed by atoms with Gasteiger partial charge in [-0.05, 0) is 23.8 Å². The number of amides is 1. The molecule has 5 heteroatoms. The molecule has 0 aliphatic carbocycles. The molecule has 4 nitrogen and oxygen atoms in total. The van der Waals surface area contributed by atoms with Crippen molar-refractivity contribution >= 4 is 17.5 Å². The predicted molar refractivity (Wildman–Crippen MR) is 65.8 cm³/mol. The van der Waals surface area contributed by atoms with Crippen molar-refractivity contribution in [2.24, 2.45) is 7.05 Å². The molecule has 2 rings (SSSR count). The molecule has 1 N–H and O–H groups in total. The van der Waals surface area contributed by atoms with Gasteiger partial charge in [0.15, 0.2) is 0 Å². The van der Waals surface area contributed by atoms with Crippen LogP contribution in [-0.4, -0.2) is 15.5 Å². The van der Waals surface area contributed by atoms with Crippen molar-refractivity contribution in [3.05, 3.63) is 53.1 Å². The predicted octanol–water partition coefficient (Wildman–Crippen LogP) is 2.00. The maximum absolute atomic E-state index is 11.7. The lowest BCUT2D eigenvalue weighted by atomic mass is 10.2. The zero-order valence-corrected chi connectivity index (χ0v) is 10.1. The summed E-state index contributed by atoms with van der Waals surface area (Å²) in [5.74, 6) is -0.155. The Labute approximate surface area is 104 Å². The van der Waals surface area contributed by atoms with Crippen molar-refractivity contribution in [1.29, 1.82) is 0 Å². The molecular weight excluding hydrogens is 238 g/mol. The molecule has 0 saturated heterocycles. The number of nitrogens with zero attached hydrogens (tertiary/aromatic N) is 2. The highest BCUT2D eigenvalue weighted by Gasteiger charge is 2.05. The van der Waals surface area contributed by atoms with E-state index in [4.69, 9.17) is 11.6 Å².